The van der Waals surface area contributed by atoms with Gasteiger partial charge in [-0.05, 0) is 89.9 Å². The van der Waals surface area contributed by atoms with Gasteiger partial charge in [0, 0.05) is 19.3 Å². The molecule has 0 bridgehead atoms. The van der Waals surface area contributed by atoms with Crippen LogP contribution in [0.5, 0.6) is 0 Å². The molecule has 0 aromatic carbocycles. The first-order valence-electron chi connectivity index (χ1n) is 34.9. The lowest BCUT2D eigenvalue weighted by Gasteiger charge is -2.18. The molecule has 0 radical (unpaired) electrons. The van der Waals surface area contributed by atoms with Crippen LogP contribution in [0.2, 0.25) is 0 Å². The molecule has 0 aromatic heterocycles. The van der Waals surface area contributed by atoms with Crippen LogP contribution in [0.1, 0.15) is 361 Å². The minimum Gasteiger partial charge on any atom is -0.462 e. The molecule has 0 saturated carbocycles. The predicted molar refractivity (Wildman–Crippen MR) is 348 cm³/mol. The Hall–Kier alpha value is -3.15. The first kappa shape index (κ1) is 76.9. The van der Waals surface area contributed by atoms with Crippen molar-refractivity contribution in [3.05, 3.63) is 72.9 Å². The predicted octanol–water partition coefficient (Wildman–Crippen LogP) is 24.1. The molecule has 0 amide bonds. The highest BCUT2D eigenvalue weighted by atomic mass is 16.6. The third-order valence-electron chi connectivity index (χ3n) is 15.4. The second-order valence-electron chi connectivity index (χ2n) is 23.4. The van der Waals surface area contributed by atoms with Crippen molar-refractivity contribution >= 4 is 17.9 Å². The summed E-state index contributed by atoms with van der Waals surface area (Å²) in [5.74, 6) is -0.867. The summed E-state index contributed by atoms with van der Waals surface area (Å²) in [4.78, 5) is 38.5. The fourth-order valence-corrected chi connectivity index (χ4v) is 10.2. The van der Waals surface area contributed by atoms with Crippen molar-refractivity contribution in [3.8, 4) is 0 Å². The molecule has 0 rings (SSSR count). The molecule has 0 aliphatic carbocycles. The van der Waals surface area contributed by atoms with E-state index in [0.29, 0.717) is 19.3 Å². The van der Waals surface area contributed by atoms with Gasteiger partial charge in [0.15, 0.2) is 6.10 Å². The zero-order valence-corrected chi connectivity index (χ0v) is 53.3. The Bertz CT molecular complexity index is 1470. The second kappa shape index (κ2) is 68.3. The van der Waals surface area contributed by atoms with Crippen molar-refractivity contribution in [1.82, 2.24) is 0 Å². The van der Waals surface area contributed by atoms with Crippen molar-refractivity contribution in [2.45, 2.75) is 367 Å². The number of carbonyl (C=O) groups is 3. The second-order valence-corrected chi connectivity index (χ2v) is 23.4. The van der Waals surface area contributed by atoms with Crippen LogP contribution in [0.3, 0.4) is 0 Å². The van der Waals surface area contributed by atoms with Crippen LogP contribution >= 0.6 is 0 Å². The maximum Gasteiger partial charge on any atom is 0.306 e. The summed E-state index contributed by atoms with van der Waals surface area (Å²) in [5.41, 5.74) is 0. The molecule has 6 heteroatoms. The number of carbonyl (C=O) groups excluding carboxylic acids is 3. The highest BCUT2D eigenvalue weighted by molar-refractivity contribution is 5.71. The van der Waals surface area contributed by atoms with Crippen LogP contribution in [0.25, 0.3) is 0 Å². The molecular formula is C74H132O6. The molecule has 0 fully saturated rings. The highest BCUT2D eigenvalue weighted by Crippen LogP contribution is 2.18. The highest BCUT2D eigenvalue weighted by Gasteiger charge is 2.19. The van der Waals surface area contributed by atoms with Gasteiger partial charge in [-0.15, -0.1) is 0 Å². The summed E-state index contributed by atoms with van der Waals surface area (Å²) in [7, 11) is 0. The van der Waals surface area contributed by atoms with Crippen LogP contribution in [-0.2, 0) is 28.6 Å². The molecule has 0 N–H and O–H groups in total. The van der Waals surface area contributed by atoms with E-state index in [-0.39, 0.29) is 31.1 Å². The number of hydrogen-bond donors (Lipinski definition) is 0. The maximum absolute atomic E-state index is 13.0. The van der Waals surface area contributed by atoms with Crippen molar-refractivity contribution in [3.63, 3.8) is 0 Å². The first-order chi connectivity index (χ1) is 39.5. The molecule has 6 nitrogen and oxygen atoms in total. The average Bonchev–Trinajstić information content (AvgIpc) is 3.46. The lowest BCUT2D eigenvalue weighted by molar-refractivity contribution is -0.167. The summed E-state index contributed by atoms with van der Waals surface area (Å²) in [6, 6.07) is 0. The van der Waals surface area contributed by atoms with Crippen molar-refractivity contribution in [2.75, 3.05) is 13.2 Å². The van der Waals surface area contributed by atoms with Gasteiger partial charge in [0.1, 0.15) is 13.2 Å². The van der Waals surface area contributed by atoms with Gasteiger partial charge in [0.25, 0.3) is 0 Å². The Morgan fingerprint density at radius 1 is 0.263 bits per heavy atom. The van der Waals surface area contributed by atoms with E-state index in [1.54, 1.807) is 0 Å². The third kappa shape index (κ3) is 65.7. The molecule has 0 aliphatic rings. The summed E-state index contributed by atoms with van der Waals surface area (Å²) >= 11 is 0. The first-order valence-corrected chi connectivity index (χ1v) is 34.9. The average molecular weight is 1120 g/mol. The van der Waals surface area contributed by atoms with Gasteiger partial charge in [-0.3, -0.25) is 14.4 Å². The number of unbranched alkanes of at least 4 members (excludes halogenated alkanes) is 41. The van der Waals surface area contributed by atoms with Crippen LogP contribution in [0.4, 0.5) is 0 Å². The van der Waals surface area contributed by atoms with Gasteiger partial charge in [0.05, 0.1) is 0 Å². The topological polar surface area (TPSA) is 78.9 Å². The number of ether oxygens (including phenoxy) is 3. The fraction of sp³-hybridized carbons (Fsp3) is 0.797. The van der Waals surface area contributed by atoms with Crippen molar-refractivity contribution < 1.29 is 28.6 Å². The molecule has 80 heavy (non-hydrogen) atoms. The van der Waals surface area contributed by atoms with E-state index in [0.717, 1.165) is 96.3 Å². The van der Waals surface area contributed by atoms with E-state index in [2.05, 4.69) is 93.7 Å². The van der Waals surface area contributed by atoms with Gasteiger partial charge < -0.3 is 14.2 Å². The molecule has 0 aromatic rings. The molecule has 1 unspecified atom stereocenters. The lowest BCUT2D eigenvalue weighted by Crippen LogP contribution is -2.30. The molecule has 0 heterocycles. The van der Waals surface area contributed by atoms with E-state index >= 15 is 0 Å². The van der Waals surface area contributed by atoms with E-state index in [1.165, 1.54) is 225 Å². The standard InChI is InChI=1S/C74H132O6/c1-4-7-10-13-16-19-22-25-28-31-34-36-37-39-40-43-46-49-52-55-58-61-64-67-73(76)79-70-71(69-78-72(75)66-63-60-57-54-51-48-45-42-33-30-27-24-21-18-15-12-9-6-3)80-74(77)68-65-62-59-56-53-50-47-44-41-38-35-32-29-26-23-20-17-14-11-8-5-2/h7,10,16,19,25,28,32,34-36,39-40,71H,4-6,8-9,11-15,17-18,20-24,26-27,29-31,33,37-38,41-70H2,1-3H3/b10-7-,19-16-,28-25-,35-32-,36-34-,40-39-. The van der Waals surface area contributed by atoms with E-state index < -0.39 is 6.10 Å². The smallest absolute Gasteiger partial charge is 0.306 e. The Kier molecular flexibility index (Phi) is 65.7. The van der Waals surface area contributed by atoms with E-state index in [1.807, 2.05) is 0 Å². The Balaban J connectivity index is 4.37. The van der Waals surface area contributed by atoms with Crippen LogP contribution in [0.15, 0.2) is 72.9 Å². The van der Waals surface area contributed by atoms with E-state index in [4.69, 9.17) is 14.2 Å². The maximum atomic E-state index is 13.0. The molecule has 1 atom stereocenters. The minimum absolute atomic E-state index is 0.0758. The van der Waals surface area contributed by atoms with Gasteiger partial charge in [-0.1, -0.05) is 325 Å². The van der Waals surface area contributed by atoms with Crippen LogP contribution in [0, 0.1) is 0 Å². The number of allylic oxidation sites excluding steroid dienone is 12. The SMILES string of the molecule is CC/C=C\C/C=C\C/C=C\C/C=C\C/C=C\CCCCCCCCCC(=O)OCC(COC(=O)CCCCCCCCCCCCCCCCCCCC)OC(=O)CCCCCCCCCCC/C=C\CCCCCCCCCC. The number of rotatable bonds is 64. The van der Waals surface area contributed by atoms with Gasteiger partial charge in [-0.2, -0.15) is 0 Å². The zero-order valence-electron chi connectivity index (χ0n) is 53.3. The molecular weight excluding hydrogens is 985 g/mol. The monoisotopic (exact) mass is 1120 g/mol. The number of esters is 3. The lowest BCUT2D eigenvalue weighted by atomic mass is 10.0. The van der Waals surface area contributed by atoms with Gasteiger partial charge in [0.2, 0.25) is 0 Å². The summed E-state index contributed by atoms with van der Waals surface area (Å²) < 4.78 is 17.0. The Labute approximate surface area is 497 Å². The molecule has 0 saturated heterocycles. The Morgan fingerprint density at radius 3 is 0.775 bits per heavy atom. The molecule has 0 spiro atoms. The summed E-state index contributed by atoms with van der Waals surface area (Å²) in [6.45, 7) is 6.58. The summed E-state index contributed by atoms with van der Waals surface area (Å²) in [6.07, 6.45) is 89.1. The Morgan fingerprint density at radius 2 is 0.487 bits per heavy atom. The van der Waals surface area contributed by atoms with Crippen LogP contribution < -0.4 is 0 Å². The normalized spacial score (nSPS) is 12.5. The van der Waals surface area contributed by atoms with Crippen molar-refractivity contribution in [1.29, 1.82) is 0 Å². The minimum atomic E-state index is -0.782. The van der Waals surface area contributed by atoms with Crippen LogP contribution in [-0.4, -0.2) is 37.2 Å². The fourth-order valence-electron chi connectivity index (χ4n) is 10.2. The summed E-state index contributed by atoms with van der Waals surface area (Å²) in [5, 5.41) is 0. The largest absolute Gasteiger partial charge is 0.462 e. The number of hydrogen-bond acceptors (Lipinski definition) is 6. The zero-order chi connectivity index (χ0) is 57.8. The molecule has 464 valence electrons. The van der Waals surface area contributed by atoms with E-state index in [9.17, 15) is 14.4 Å². The molecule has 0 aliphatic heterocycles. The van der Waals surface area contributed by atoms with Crippen molar-refractivity contribution in [2.24, 2.45) is 0 Å². The quantitative estimate of drug-likeness (QED) is 0.0261. The van der Waals surface area contributed by atoms with Gasteiger partial charge >= 0.3 is 17.9 Å². The van der Waals surface area contributed by atoms with Gasteiger partial charge in [-0.25, -0.2) is 0 Å². The third-order valence-corrected chi connectivity index (χ3v) is 15.4.